The van der Waals surface area contributed by atoms with Crippen LogP contribution in [0.1, 0.15) is 71.6 Å². The lowest BCUT2D eigenvalue weighted by Crippen LogP contribution is -2.56. The highest BCUT2D eigenvalue weighted by Crippen LogP contribution is 2.70. The van der Waals surface area contributed by atoms with E-state index in [2.05, 4.69) is 19.2 Å². The van der Waals surface area contributed by atoms with Crippen LogP contribution in [0, 0.1) is 22.2 Å². The molecule has 5 aliphatic rings. The summed E-state index contributed by atoms with van der Waals surface area (Å²) in [5.41, 5.74) is 7.06. The van der Waals surface area contributed by atoms with Crippen LogP contribution < -0.4 is 11.1 Å². The Balaban J connectivity index is 1.50. The maximum atomic E-state index is 12.6. The number of nitrogens with one attached hydrogen (secondary N) is 1. The average Bonchev–Trinajstić information content (AvgIpc) is 3.03. The number of nitrogens with two attached hydrogens (primary N) is 1. The molecule has 118 valence electrons. The lowest BCUT2D eigenvalue weighted by Gasteiger charge is -2.65. The molecule has 1 amide bonds. The van der Waals surface area contributed by atoms with E-state index in [1.165, 1.54) is 38.5 Å². The van der Waals surface area contributed by atoms with Crippen molar-refractivity contribution in [2.75, 3.05) is 6.54 Å². The van der Waals surface area contributed by atoms with Gasteiger partial charge in [-0.2, -0.15) is 0 Å². The van der Waals surface area contributed by atoms with Crippen molar-refractivity contribution in [1.29, 1.82) is 0 Å². The lowest BCUT2D eigenvalue weighted by molar-refractivity contribution is -0.156. The minimum absolute atomic E-state index is 0.0345. The van der Waals surface area contributed by atoms with Gasteiger partial charge in [-0.1, -0.05) is 13.8 Å². The normalized spacial score (nSPS) is 49.2. The zero-order valence-corrected chi connectivity index (χ0v) is 13.6. The molecular formula is C18H30N2O. The van der Waals surface area contributed by atoms with E-state index in [-0.39, 0.29) is 16.9 Å². The average molecular weight is 290 g/mol. The van der Waals surface area contributed by atoms with Crippen molar-refractivity contribution >= 4 is 5.91 Å². The molecule has 4 bridgehead atoms. The topological polar surface area (TPSA) is 55.1 Å². The predicted octanol–water partition coefficient (Wildman–Crippen LogP) is 2.98. The Morgan fingerprint density at radius 1 is 1.10 bits per heavy atom. The van der Waals surface area contributed by atoms with Crippen molar-refractivity contribution < 1.29 is 4.79 Å². The van der Waals surface area contributed by atoms with E-state index in [0.717, 1.165) is 25.2 Å². The van der Waals surface area contributed by atoms with E-state index in [0.29, 0.717) is 17.4 Å². The van der Waals surface area contributed by atoms with Crippen LogP contribution in [0.2, 0.25) is 0 Å². The molecule has 0 aromatic carbocycles. The van der Waals surface area contributed by atoms with E-state index < -0.39 is 0 Å². The third-order valence-corrected chi connectivity index (χ3v) is 6.93. The van der Waals surface area contributed by atoms with Crippen molar-refractivity contribution in [3.63, 3.8) is 0 Å². The number of rotatable bonds is 4. The zero-order chi connectivity index (χ0) is 14.9. The summed E-state index contributed by atoms with van der Waals surface area (Å²) in [6.07, 6.45) is 10.9. The maximum Gasteiger partial charge on any atom is 0.221 e. The summed E-state index contributed by atoms with van der Waals surface area (Å²) in [4.78, 5) is 12.6. The predicted molar refractivity (Wildman–Crippen MR) is 83.6 cm³/mol. The van der Waals surface area contributed by atoms with Gasteiger partial charge in [-0.25, -0.2) is 0 Å². The van der Waals surface area contributed by atoms with Crippen LogP contribution >= 0.6 is 0 Å². The van der Waals surface area contributed by atoms with Gasteiger partial charge in [-0.3, -0.25) is 4.79 Å². The third kappa shape index (κ3) is 2.32. The van der Waals surface area contributed by atoms with Crippen LogP contribution in [-0.4, -0.2) is 18.0 Å². The SMILES string of the molecule is CC12CC3CC(C)(C1)CC(CC(=O)NC1(CN)CC1)(C3)C2. The first-order valence-corrected chi connectivity index (χ1v) is 8.79. The Labute approximate surface area is 128 Å². The smallest absolute Gasteiger partial charge is 0.221 e. The second-order valence-electron chi connectivity index (χ2n) is 9.84. The summed E-state index contributed by atoms with van der Waals surface area (Å²) in [6.45, 7) is 5.55. The molecule has 5 saturated carbocycles. The van der Waals surface area contributed by atoms with Gasteiger partial charge in [0.05, 0.1) is 5.54 Å². The molecule has 0 aliphatic heterocycles. The molecule has 2 unspecified atom stereocenters. The summed E-state index contributed by atoms with van der Waals surface area (Å²) in [7, 11) is 0. The summed E-state index contributed by atoms with van der Waals surface area (Å²) < 4.78 is 0. The summed E-state index contributed by atoms with van der Waals surface area (Å²) in [5, 5.41) is 3.25. The molecule has 21 heavy (non-hydrogen) atoms. The van der Waals surface area contributed by atoms with Gasteiger partial charge >= 0.3 is 0 Å². The second-order valence-corrected chi connectivity index (χ2v) is 9.84. The zero-order valence-electron chi connectivity index (χ0n) is 13.6. The molecule has 5 fully saturated rings. The standard InChI is InChI=1S/C18H30N2O/c1-15-5-13-6-16(2,9-15)11-17(7-13,10-15)8-14(21)20-18(12-19)3-4-18/h13H,3-12,19H2,1-2H3,(H,20,21). The number of carbonyl (C=O) groups excluding carboxylic acids is 1. The highest BCUT2D eigenvalue weighted by atomic mass is 16.1. The highest BCUT2D eigenvalue weighted by Gasteiger charge is 2.60. The Morgan fingerprint density at radius 3 is 2.19 bits per heavy atom. The molecule has 0 aromatic heterocycles. The van der Waals surface area contributed by atoms with Crippen LogP contribution in [0.25, 0.3) is 0 Å². The van der Waals surface area contributed by atoms with Crippen molar-refractivity contribution in [2.24, 2.45) is 27.9 Å². The molecule has 3 heteroatoms. The second kappa shape index (κ2) is 4.04. The van der Waals surface area contributed by atoms with Crippen LogP contribution in [0.15, 0.2) is 0 Å². The maximum absolute atomic E-state index is 12.6. The van der Waals surface area contributed by atoms with Crippen molar-refractivity contribution in [2.45, 2.75) is 77.2 Å². The van der Waals surface area contributed by atoms with Gasteiger partial charge in [0.2, 0.25) is 5.91 Å². The van der Waals surface area contributed by atoms with E-state index in [1.54, 1.807) is 0 Å². The van der Waals surface area contributed by atoms with E-state index in [9.17, 15) is 4.79 Å². The van der Waals surface area contributed by atoms with Gasteiger partial charge in [0, 0.05) is 13.0 Å². The minimum atomic E-state index is -0.0345. The van der Waals surface area contributed by atoms with Crippen LogP contribution in [0.5, 0.6) is 0 Å². The van der Waals surface area contributed by atoms with E-state index >= 15 is 0 Å². The van der Waals surface area contributed by atoms with Gasteiger partial charge in [0.1, 0.15) is 0 Å². The Bertz CT molecular complexity index is 464. The first-order valence-electron chi connectivity index (χ1n) is 8.79. The van der Waals surface area contributed by atoms with Gasteiger partial charge in [-0.05, 0) is 73.5 Å². The molecule has 0 saturated heterocycles. The molecule has 3 nitrogen and oxygen atoms in total. The first kappa shape index (κ1) is 14.0. The summed E-state index contributed by atoms with van der Waals surface area (Å²) in [5.74, 6) is 1.14. The highest BCUT2D eigenvalue weighted by molar-refractivity contribution is 5.78. The fourth-order valence-corrected chi connectivity index (χ4v) is 7.09. The van der Waals surface area contributed by atoms with Crippen molar-refractivity contribution in [3.05, 3.63) is 0 Å². The van der Waals surface area contributed by atoms with Crippen LogP contribution in [0.3, 0.4) is 0 Å². The molecule has 3 N–H and O–H groups in total. The fourth-order valence-electron chi connectivity index (χ4n) is 7.09. The van der Waals surface area contributed by atoms with Gasteiger partial charge in [0.25, 0.3) is 0 Å². The van der Waals surface area contributed by atoms with Crippen LogP contribution in [0.4, 0.5) is 0 Å². The Hall–Kier alpha value is -0.570. The van der Waals surface area contributed by atoms with E-state index in [4.69, 9.17) is 5.73 Å². The van der Waals surface area contributed by atoms with Gasteiger partial charge in [-0.15, -0.1) is 0 Å². The Kier molecular flexibility index (Phi) is 2.70. The molecule has 0 spiro atoms. The number of carbonyl (C=O) groups is 1. The molecule has 5 aliphatic carbocycles. The lowest BCUT2D eigenvalue weighted by atomic mass is 9.40. The Morgan fingerprint density at radius 2 is 1.71 bits per heavy atom. The quantitative estimate of drug-likeness (QED) is 0.836. The van der Waals surface area contributed by atoms with Crippen molar-refractivity contribution in [3.8, 4) is 0 Å². The fraction of sp³-hybridized carbons (Fsp3) is 0.944. The van der Waals surface area contributed by atoms with Gasteiger partial charge in [0.15, 0.2) is 0 Å². The molecule has 0 radical (unpaired) electrons. The molecule has 0 heterocycles. The van der Waals surface area contributed by atoms with Gasteiger partial charge < -0.3 is 11.1 Å². The largest absolute Gasteiger partial charge is 0.349 e. The summed E-state index contributed by atoms with van der Waals surface area (Å²) in [6, 6.07) is 0. The molecule has 2 atom stereocenters. The summed E-state index contributed by atoms with van der Waals surface area (Å²) >= 11 is 0. The number of amides is 1. The molecule has 5 rings (SSSR count). The first-order chi connectivity index (χ1) is 9.78. The van der Waals surface area contributed by atoms with Crippen molar-refractivity contribution in [1.82, 2.24) is 5.32 Å². The van der Waals surface area contributed by atoms with Crippen LogP contribution in [-0.2, 0) is 4.79 Å². The minimum Gasteiger partial charge on any atom is -0.349 e. The third-order valence-electron chi connectivity index (χ3n) is 6.93. The number of hydrogen-bond donors (Lipinski definition) is 2. The molecule has 0 aromatic rings. The molecular weight excluding hydrogens is 260 g/mol. The monoisotopic (exact) mass is 290 g/mol. The number of hydrogen-bond acceptors (Lipinski definition) is 2. The van der Waals surface area contributed by atoms with E-state index in [1.807, 2.05) is 0 Å².